The molecule has 0 amide bonds. The molecule has 0 aromatic carbocycles. The van der Waals surface area contributed by atoms with Crippen LogP contribution in [0.3, 0.4) is 0 Å². The highest BCUT2D eigenvalue weighted by Gasteiger charge is 2.20. The zero-order valence-electron chi connectivity index (χ0n) is 13.1. The van der Waals surface area contributed by atoms with Gasteiger partial charge in [-0.05, 0) is 38.0 Å². The first-order valence-electron chi connectivity index (χ1n) is 7.25. The minimum Gasteiger partial charge on any atom is -0.386 e. The fourth-order valence-electron chi connectivity index (χ4n) is 2.49. The molecule has 3 heterocycles. The maximum absolute atomic E-state index is 6.03. The number of hydrogen-bond donors (Lipinski definition) is 1. The van der Waals surface area contributed by atoms with E-state index in [-0.39, 0.29) is 0 Å². The normalized spacial score (nSPS) is 15.2. The Balaban J connectivity index is 1.94. The molecular formula is C16H20N6. The summed E-state index contributed by atoms with van der Waals surface area (Å²) < 4.78 is 1.77. The van der Waals surface area contributed by atoms with Crippen molar-refractivity contribution in [2.24, 2.45) is 10.7 Å². The van der Waals surface area contributed by atoms with Gasteiger partial charge in [-0.15, -0.1) is 0 Å². The lowest BCUT2D eigenvalue weighted by molar-refractivity contribution is 0.371. The average molecular weight is 296 g/mol. The minimum absolute atomic E-state index is 0.585. The molecule has 0 unspecified atom stereocenters. The molecule has 0 fully saturated rings. The van der Waals surface area contributed by atoms with E-state index in [0.717, 1.165) is 22.8 Å². The predicted molar refractivity (Wildman–Crippen MR) is 86.9 cm³/mol. The molecule has 0 radical (unpaired) electrons. The second kappa shape index (κ2) is 5.63. The summed E-state index contributed by atoms with van der Waals surface area (Å²) >= 11 is 0. The highest BCUT2D eigenvalue weighted by Crippen LogP contribution is 2.22. The Labute approximate surface area is 130 Å². The number of nitrogens with two attached hydrogens (primary N) is 1. The maximum atomic E-state index is 6.03. The fourth-order valence-corrected chi connectivity index (χ4v) is 2.49. The van der Waals surface area contributed by atoms with E-state index >= 15 is 0 Å². The third-order valence-corrected chi connectivity index (χ3v) is 3.79. The van der Waals surface area contributed by atoms with Crippen LogP contribution in [0.25, 0.3) is 5.82 Å². The van der Waals surface area contributed by atoms with Gasteiger partial charge in [0.15, 0.2) is 5.82 Å². The molecule has 0 atom stereocenters. The number of aromatic nitrogens is 3. The smallest absolute Gasteiger partial charge is 0.174 e. The molecule has 2 aromatic rings. The monoisotopic (exact) mass is 296 g/mol. The van der Waals surface area contributed by atoms with Crippen molar-refractivity contribution in [3.63, 3.8) is 0 Å². The number of aryl methyl sites for hydroxylation is 2. The average Bonchev–Trinajstić information content (AvgIpc) is 2.91. The van der Waals surface area contributed by atoms with Gasteiger partial charge in [0.05, 0.1) is 30.7 Å². The molecule has 22 heavy (non-hydrogen) atoms. The van der Waals surface area contributed by atoms with E-state index < -0.39 is 0 Å². The van der Waals surface area contributed by atoms with Crippen LogP contribution < -0.4 is 5.73 Å². The lowest BCUT2D eigenvalue weighted by Gasteiger charge is -2.29. The second-order valence-corrected chi connectivity index (χ2v) is 5.60. The lowest BCUT2D eigenvalue weighted by Crippen LogP contribution is -2.37. The highest BCUT2D eigenvalue weighted by molar-refractivity contribution is 5.88. The summed E-state index contributed by atoms with van der Waals surface area (Å²) in [5.41, 5.74) is 10.4. The van der Waals surface area contributed by atoms with Crippen molar-refractivity contribution in [3.8, 4) is 0 Å². The van der Waals surface area contributed by atoms with E-state index in [1.165, 1.54) is 5.56 Å². The van der Waals surface area contributed by atoms with E-state index in [0.29, 0.717) is 18.9 Å². The Morgan fingerprint density at radius 3 is 2.77 bits per heavy atom. The Morgan fingerprint density at radius 2 is 2.09 bits per heavy atom. The van der Waals surface area contributed by atoms with Crippen molar-refractivity contribution in [3.05, 3.63) is 53.2 Å². The number of rotatable bonds is 3. The molecule has 2 aromatic heterocycles. The third-order valence-electron chi connectivity index (χ3n) is 3.79. The Bertz CT molecular complexity index is 756. The van der Waals surface area contributed by atoms with Gasteiger partial charge in [0.2, 0.25) is 0 Å². The van der Waals surface area contributed by atoms with E-state index in [1.807, 2.05) is 38.5 Å². The van der Waals surface area contributed by atoms with Gasteiger partial charge in [-0.3, -0.25) is 4.98 Å². The zero-order valence-corrected chi connectivity index (χ0v) is 13.1. The highest BCUT2D eigenvalue weighted by atomic mass is 15.4. The van der Waals surface area contributed by atoms with Crippen molar-refractivity contribution in [2.45, 2.75) is 27.3 Å². The Kier molecular flexibility index (Phi) is 3.66. The predicted octanol–water partition coefficient (Wildman–Crippen LogP) is 1.91. The molecule has 0 saturated heterocycles. The summed E-state index contributed by atoms with van der Waals surface area (Å²) in [4.78, 5) is 11.1. The molecule has 0 saturated carbocycles. The van der Waals surface area contributed by atoms with E-state index in [9.17, 15) is 0 Å². The van der Waals surface area contributed by atoms with Gasteiger partial charge < -0.3 is 10.6 Å². The van der Waals surface area contributed by atoms with Crippen LogP contribution in [-0.4, -0.2) is 32.0 Å². The van der Waals surface area contributed by atoms with Crippen LogP contribution in [-0.2, 0) is 6.54 Å². The number of allylic oxidation sites excluding steroid dienone is 1. The van der Waals surface area contributed by atoms with Crippen LogP contribution in [0.2, 0.25) is 0 Å². The summed E-state index contributed by atoms with van der Waals surface area (Å²) in [5, 5.41) is 4.34. The van der Waals surface area contributed by atoms with Crippen molar-refractivity contribution in [1.29, 1.82) is 0 Å². The van der Waals surface area contributed by atoms with Gasteiger partial charge >= 0.3 is 0 Å². The molecule has 0 aliphatic carbocycles. The van der Waals surface area contributed by atoms with Crippen molar-refractivity contribution in [1.82, 2.24) is 19.7 Å². The maximum Gasteiger partial charge on any atom is 0.174 e. The van der Waals surface area contributed by atoms with Gasteiger partial charge in [0.25, 0.3) is 0 Å². The van der Waals surface area contributed by atoms with Gasteiger partial charge in [-0.1, -0.05) is 6.07 Å². The number of amidine groups is 1. The summed E-state index contributed by atoms with van der Waals surface area (Å²) in [5.74, 6) is 1.35. The number of hydrogen-bond acceptors (Lipinski definition) is 5. The van der Waals surface area contributed by atoms with Gasteiger partial charge in [-0.25, -0.2) is 9.67 Å². The van der Waals surface area contributed by atoms with Gasteiger partial charge in [0, 0.05) is 12.4 Å². The van der Waals surface area contributed by atoms with Crippen LogP contribution in [0.5, 0.6) is 0 Å². The molecule has 1 aliphatic rings. The van der Waals surface area contributed by atoms with Crippen molar-refractivity contribution >= 4 is 11.7 Å². The van der Waals surface area contributed by atoms with Crippen molar-refractivity contribution in [2.75, 3.05) is 6.54 Å². The summed E-state index contributed by atoms with van der Waals surface area (Å²) in [6.45, 7) is 7.43. The largest absolute Gasteiger partial charge is 0.386 e. The third kappa shape index (κ3) is 2.72. The standard InChI is InChI=1S/C16H20N6/c1-11-7-19-22(8-11)16-13(3)21(10-15(17)20-16)9-14-12(2)5-4-6-18-14/h4-8H,9-10H2,1-3H3,(H2,17,20). The molecule has 0 spiro atoms. The number of aliphatic imine (C=N–C) groups is 1. The van der Waals surface area contributed by atoms with Crippen LogP contribution in [0.4, 0.5) is 0 Å². The molecule has 2 N–H and O–H groups in total. The van der Waals surface area contributed by atoms with E-state index in [1.54, 1.807) is 4.68 Å². The van der Waals surface area contributed by atoms with Crippen molar-refractivity contribution < 1.29 is 0 Å². The van der Waals surface area contributed by atoms with E-state index in [2.05, 4.69) is 33.0 Å². The molecule has 3 rings (SSSR count). The van der Waals surface area contributed by atoms with Gasteiger partial charge in [-0.2, -0.15) is 5.10 Å². The molecule has 6 heteroatoms. The number of nitrogens with zero attached hydrogens (tertiary/aromatic N) is 5. The van der Waals surface area contributed by atoms with Crippen LogP contribution in [0.1, 0.15) is 23.7 Å². The van der Waals surface area contributed by atoms with Gasteiger partial charge in [0.1, 0.15) is 5.84 Å². The second-order valence-electron chi connectivity index (χ2n) is 5.60. The Hall–Kier alpha value is -2.63. The summed E-state index contributed by atoms with van der Waals surface area (Å²) in [6, 6.07) is 4.02. The SMILES string of the molecule is CC1=C(n2cc(C)cn2)N=C(N)CN1Cc1ncccc1C. The molecular weight excluding hydrogens is 276 g/mol. The summed E-state index contributed by atoms with van der Waals surface area (Å²) in [7, 11) is 0. The summed E-state index contributed by atoms with van der Waals surface area (Å²) in [6.07, 6.45) is 5.58. The fraction of sp³-hybridized carbons (Fsp3) is 0.312. The Morgan fingerprint density at radius 1 is 1.27 bits per heavy atom. The topological polar surface area (TPSA) is 72.3 Å². The van der Waals surface area contributed by atoms with Crippen LogP contribution in [0, 0.1) is 13.8 Å². The molecule has 114 valence electrons. The molecule has 0 bridgehead atoms. The first-order valence-corrected chi connectivity index (χ1v) is 7.25. The minimum atomic E-state index is 0.585. The first-order chi connectivity index (χ1) is 10.5. The van der Waals surface area contributed by atoms with E-state index in [4.69, 9.17) is 5.73 Å². The van der Waals surface area contributed by atoms with Crippen LogP contribution >= 0.6 is 0 Å². The zero-order chi connectivity index (χ0) is 15.7. The molecule has 1 aliphatic heterocycles. The first kappa shape index (κ1) is 14.3. The lowest BCUT2D eigenvalue weighted by atomic mass is 10.2. The molecule has 6 nitrogen and oxygen atoms in total. The quantitative estimate of drug-likeness (QED) is 0.939. The van der Waals surface area contributed by atoms with Crippen LogP contribution in [0.15, 0.2) is 41.4 Å². The number of pyridine rings is 1.